The van der Waals surface area contributed by atoms with Crippen LogP contribution in [0.1, 0.15) is 5.56 Å². The molecule has 1 heterocycles. The predicted molar refractivity (Wildman–Crippen MR) is 70.8 cm³/mol. The number of rotatable bonds is 3. The van der Waals surface area contributed by atoms with Gasteiger partial charge in [-0.05, 0) is 18.2 Å². The lowest BCUT2D eigenvalue weighted by Gasteiger charge is -2.07. The summed E-state index contributed by atoms with van der Waals surface area (Å²) in [5, 5.41) is 8.06. The van der Waals surface area contributed by atoms with Gasteiger partial charge in [0.15, 0.2) is 0 Å². The van der Waals surface area contributed by atoms with Crippen molar-refractivity contribution in [3.8, 4) is 0 Å². The van der Waals surface area contributed by atoms with Crippen LogP contribution >= 0.6 is 23.4 Å². The standard InChI is InChI=1S/C12H9ClFN3S/c13-10-7(11(15)16)5-6-17-12(10)18-9-4-2-1-3-8(9)14/h1-6H,(H3,15,16). The highest BCUT2D eigenvalue weighted by Crippen LogP contribution is 2.34. The van der Waals surface area contributed by atoms with E-state index < -0.39 is 0 Å². The summed E-state index contributed by atoms with van der Waals surface area (Å²) < 4.78 is 13.5. The first-order valence-corrected chi connectivity index (χ1v) is 6.20. The lowest BCUT2D eigenvalue weighted by molar-refractivity contribution is 0.602. The van der Waals surface area contributed by atoms with Crippen molar-refractivity contribution in [1.82, 2.24) is 4.98 Å². The van der Waals surface area contributed by atoms with Gasteiger partial charge in [-0.25, -0.2) is 9.37 Å². The lowest BCUT2D eigenvalue weighted by Crippen LogP contribution is -2.12. The minimum absolute atomic E-state index is 0.141. The molecule has 3 nitrogen and oxygen atoms in total. The molecule has 0 amide bonds. The largest absolute Gasteiger partial charge is 0.384 e. The van der Waals surface area contributed by atoms with E-state index in [2.05, 4.69) is 4.98 Å². The molecule has 0 unspecified atom stereocenters. The van der Waals surface area contributed by atoms with Crippen LogP contribution in [-0.2, 0) is 0 Å². The van der Waals surface area contributed by atoms with Gasteiger partial charge in [-0.3, -0.25) is 5.41 Å². The molecule has 6 heteroatoms. The number of halogens is 2. The third-order valence-electron chi connectivity index (χ3n) is 2.19. The van der Waals surface area contributed by atoms with E-state index in [1.54, 1.807) is 24.3 Å². The molecule has 0 aliphatic carbocycles. The van der Waals surface area contributed by atoms with Gasteiger partial charge >= 0.3 is 0 Å². The Kier molecular flexibility index (Phi) is 3.84. The molecule has 18 heavy (non-hydrogen) atoms. The number of benzene rings is 1. The van der Waals surface area contributed by atoms with Crippen LogP contribution in [0.25, 0.3) is 0 Å². The Labute approximate surface area is 113 Å². The topological polar surface area (TPSA) is 62.8 Å². The minimum atomic E-state index is -0.339. The van der Waals surface area contributed by atoms with Crippen molar-refractivity contribution in [1.29, 1.82) is 5.41 Å². The first kappa shape index (κ1) is 12.9. The SMILES string of the molecule is N=C(N)c1ccnc(Sc2ccccc2F)c1Cl. The molecule has 0 saturated carbocycles. The average Bonchev–Trinajstić information content (AvgIpc) is 2.34. The van der Waals surface area contributed by atoms with Crippen molar-refractivity contribution in [3.05, 3.63) is 52.9 Å². The fourth-order valence-electron chi connectivity index (χ4n) is 1.34. The van der Waals surface area contributed by atoms with Crippen molar-refractivity contribution in [3.63, 3.8) is 0 Å². The molecular formula is C12H9ClFN3S. The Bertz CT molecular complexity index is 604. The fourth-order valence-corrected chi connectivity index (χ4v) is 2.50. The number of pyridine rings is 1. The van der Waals surface area contributed by atoms with Crippen molar-refractivity contribution in [2.75, 3.05) is 0 Å². The number of amidine groups is 1. The van der Waals surface area contributed by atoms with E-state index in [0.717, 1.165) is 11.8 Å². The van der Waals surface area contributed by atoms with Gasteiger partial charge in [0, 0.05) is 16.7 Å². The van der Waals surface area contributed by atoms with Crippen LogP contribution in [0.2, 0.25) is 5.02 Å². The lowest BCUT2D eigenvalue weighted by atomic mass is 10.2. The first-order chi connectivity index (χ1) is 8.59. The molecule has 0 bridgehead atoms. The summed E-state index contributed by atoms with van der Waals surface area (Å²) in [6.07, 6.45) is 1.49. The normalized spacial score (nSPS) is 10.3. The number of nitrogens with zero attached hydrogens (tertiary/aromatic N) is 1. The number of nitrogens with one attached hydrogen (secondary N) is 1. The minimum Gasteiger partial charge on any atom is -0.384 e. The summed E-state index contributed by atoms with van der Waals surface area (Å²) in [7, 11) is 0. The van der Waals surface area contributed by atoms with Gasteiger partial charge in [0.2, 0.25) is 0 Å². The maximum Gasteiger partial charge on any atom is 0.137 e. The molecule has 1 aromatic heterocycles. The molecule has 2 aromatic rings. The zero-order chi connectivity index (χ0) is 13.1. The second kappa shape index (κ2) is 5.37. The molecular weight excluding hydrogens is 273 g/mol. The van der Waals surface area contributed by atoms with Gasteiger partial charge in [-0.1, -0.05) is 35.5 Å². The summed E-state index contributed by atoms with van der Waals surface area (Å²) in [6, 6.07) is 7.90. The quantitative estimate of drug-likeness (QED) is 0.670. The van der Waals surface area contributed by atoms with Crippen molar-refractivity contribution in [2.24, 2.45) is 5.73 Å². The average molecular weight is 282 g/mol. The van der Waals surface area contributed by atoms with E-state index in [9.17, 15) is 4.39 Å². The van der Waals surface area contributed by atoms with Gasteiger partial charge in [0.25, 0.3) is 0 Å². The molecule has 0 radical (unpaired) electrons. The Morgan fingerprint density at radius 3 is 2.72 bits per heavy atom. The number of hydrogen-bond acceptors (Lipinski definition) is 3. The summed E-state index contributed by atoms with van der Waals surface area (Å²) in [5.74, 6) is -0.480. The highest BCUT2D eigenvalue weighted by molar-refractivity contribution is 7.99. The molecule has 0 fully saturated rings. The van der Waals surface area contributed by atoms with Crippen LogP contribution in [0.15, 0.2) is 46.5 Å². The van der Waals surface area contributed by atoms with Gasteiger partial charge in [-0.15, -0.1) is 0 Å². The van der Waals surface area contributed by atoms with E-state index in [4.69, 9.17) is 22.7 Å². The zero-order valence-electron chi connectivity index (χ0n) is 9.15. The molecule has 0 spiro atoms. The molecule has 1 aromatic carbocycles. The van der Waals surface area contributed by atoms with Gasteiger partial charge < -0.3 is 5.73 Å². The van der Waals surface area contributed by atoms with Crippen LogP contribution in [0.3, 0.4) is 0 Å². The van der Waals surface area contributed by atoms with Crippen LogP contribution in [0, 0.1) is 11.2 Å². The number of hydrogen-bond donors (Lipinski definition) is 2. The van der Waals surface area contributed by atoms with E-state index >= 15 is 0 Å². The fraction of sp³-hybridized carbons (Fsp3) is 0. The molecule has 0 aliphatic heterocycles. The van der Waals surface area contributed by atoms with Crippen molar-refractivity contribution >= 4 is 29.2 Å². The highest BCUT2D eigenvalue weighted by Gasteiger charge is 2.12. The van der Waals surface area contributed by atoms with Crippen LogP contribution in [0.5, 0.6) is 0 Å². The van der Waals surface area contributed by atoms with E-state index in [1.165, 1.54) is 12.3 Å². The number of aromatic nitrogens is 1. The van der Waals surface area contributed by atoms with Crippen LogP contribution < -0.4 is 5.73 Å². The monoisotopic (exact) mass is 281 g/mol. The van der Waals surface area contributed by atoms with Crippen molar-refractivity contribution < 1.29 is 4.39 Å². The van der Waals surface area contributed by atoms with E-state index in [-0.39, 0.29) is 16.7 Å². The second-order valence-electron chi connectivity index (χ2n) is 3.42. The third-order valence-corrected chi connectivity index (χ3v) is 3.74. The number of nitrogen functional groups attached to an aromatic ring is 1. The van der Waals surface area contributed by atoms with E-state index in [0.29, 0.717) is 15.5 Å². The smallest absolute Gasteiger partial charge is 0.137 e. The Hall–Kier alpha value is -1.59. The molecule has 0 aliphatic rings. The van der Waals surface area contributed by atoms with Crippen molar-refractivity contribution in [2.45, 2.75) is 9.92 Å². The maximum absolute atomic E-state index is 13.5. The molecule has 3 N–H and O–H groups in total. The van der Waals surface area contributed by atoms with Gasteiger partial charge in [0.05, 0.1) is 5.02 Å². The molecule has 0 atom stereocenters. The molecule has 2 rings (SSSR count). The second-order valence-corrected chi connectivity index (χ2v) is 4.83. The summed E-state index contributed by atoms with van der Waals surface area (Å²) in [6.45, 7) is 0. The summed E-state index contributed by atoms with van der Waals surface area (Å²) in [4.78, 5) is 4.49. The van der Waals surface area contributed by atoms with Crippen LogP contribution in [-0.4, -0.2) is 10.8 Å². The maximum atomic E-state index is 13.5. The highest BCUT2D eigenvalue weighted by atomic mass is 35.5. The predicted octanol–water partition coefficient (Wildman–Crippen LogP) is 3.31. The first-order valence-electron chi connectivity index (χ1n) is 5.01. The van der Waals surface area contributed by atoms with E-state index in [1.807, 2.05) is 0 Å². The summed E-state index contributed by atoms with van der Waals surface area (Å²) >= 11 is 7.18. The molecule has 0 saturated heterocycles. The Morgan fingerprint density at radius 1 is 1.33 bits per heavy atom. The van der Waals surface area contributed by atoms with Gasteiger partial charge in [0.1, 0.15) is 16.7 Å². The molecule has 92 valence electrons. The number of nitrogens with two attached hydrogens (primary N) is 1. The Balaban J connectivity index is 2.39. The zero-order valence-corrected chi connectivity index (χ0v) is 10.7. The third kappa shape index (κ3) is 2.63. The summed E-state index contributed by atoms with van der Waals surface area (Å²) in [5.41, 5.74) is 5.79. The van der Waals surface area contributed by atoms with Crippen LogP contribution in [0.4, 0.5) is 4.39 Å². The Morgan fingerprint density at radius 2 is 2.06 bits per heavy atom. The van der Waals surface area contributed by atoms with Gasteiger partial charge in [-0.2, -0.15) is 0 Å².